The Morgan fingerprint density at radius 3 is 3.00 bits per heavy atom. The van der Waals surface area contributed by atoms with E-state index in [9.17, 15) is 4.79 Å². The van der Waals surface area contributed by atoms with Crippen molar-refractivity contribution in [3.8, 4) is 11.5 Å². The number of para-hydroxylation sites is 2. The predicted octanol–water partition coefficient (Wildman–Crippen LogP) is 1.30. The van der Waals surface area contributed by atoms with Gasteiger partial charge < -0.3 is 18.7 Å². The average molecular weight is 276 g/mol. The van der Waals surface area contributed by atoms with Crippen molar-refractivity contribution in [1.82, 2.24) is 10.1 Å². The lowest BCUT2D eigenvalue weighted by molar-refractivity contribution is -0.140. The van der Waals surface area contributed by atoms with Crippen LogP contribution in [-0.2, 0) is 16.0 Å². The van der Waals surface area contributed by atoms with Crippen LogP contribution in [0.15, 0.2) is 28.8 Å². The fourth-order valence-corrected chi connectivity index (χ4v) is 1.81. The normalized spacial score (nSPS) is 16.8. The highest BCUT2D eigenvalue weighted by Crippen LogP contribution is 2.34. The third kappa shape index (κ3) is 2.42. The SMILES string of the molecule is COC(=O)Cc1nc(C2COc3ccccc3O2)no1. The molecular weight excluding hydrogens is 264 g/mol. The maximum Gasteiger partial charge on any atom is 0.315 e. The van der Waals surface area contributed by atoms with E-state index in [0.717, 1.165) is 0 Å². The molecule has 0 bridgehead atoms. The molecule has 2 heterocycles. The van der Waals surface area contributed by atoms with E-state index in [2.05, 4.69) is 14.9 Å². The lowest BCUT2D eigenvalue weighted by Crippen LogP contribution is -2.22. The van der Waals surface area contributed by atoms with Crippen LogP contribution in [0.5, 0.6) is 11.5 Å². The van der Waals surface area contributed by atoms with Crippen LogP contribution in [0.25, 0.3) is 0 Å². The molecule has 104 valence electrons. The summed E-state index contributed by atoms with van der Waals surface area (Å²) in [5, 5.41) is 3.80. The molecule has 1 atom stereocenters. The molecule has 2 aromatic rings. The van der Waals surface area contributed by atoms with Gasteiger partial charge in [0.2, 0.25) is 11.7 Å². The van der Waals surface area contributed by atoms with E-state index in [1.165, 1.54) is 7.11 Å². The van der Waals surface area contributed by atoms with Gasteiger partial charge in [-0.1, -0.05) is 17.3 Å². The van der Waals surface area contributed by atoms with Gasteiger partial charge in [-0.25, -0.2) is 0 Å². The van der Waals surface area contributed by atoms with E-state index < -0.39 is 12.1 Å². The zero-order chi connectivity index (χ0) is 13.9. The van der Waals surface area contributed by atoms with Crippen LogP contribution in [0.1, 0.15) is 17.8 Å². The molecule has 0 N–H and O–H groups in total. The monoisotopic (exact) mass is 276 g/mol. The van der Waals surface area contributed by atoms with E-state index in [-0.39, 0.29) is 18.9 Å². The van der Waals surface area contributed by atoms with Gasteiger partial charge in [0.25, 0.3) is 0 Å². The molecule has 0 saturated heterocycles. The van der Waals surface area contributed by atoms with Gasteiger partial charge in [0.1, 0.15) is 13.0 Å². The number of hydrogen-bond acceptors (Lipinski definition) is 7. The Morgan fingerprint density at radius 2 is 2.20 bits per heavy atom. The first kappa shape index (κ1) is 12.5. The minimum Gasteiger partial charge on any atom is -0.485 e. The summed E-state index contributed by atoms with van der Waals surface area (Å²) in [5.41, 5.74) is 0. The van der Waals surface area contributed by atoms with Gasteiger partial charge >= 0.3 is 5.97 Å². The number of aromatic nitrogens is 2. The first-order valence-corrected chi connectivity index (χ1v) is 6.04. The van der Waals surface area contributed by atoms with Crippen LogP contribution in [0, 0.1) is 0 Å². The molecule has 3 rings (SSSR count). The minimum atomic E-state index is -0.458. The Hall–Kier alpha value is -2.57. The molecule has 1 aliphatic rings. The van der Waals surface area contributed by atoms with E-state index in [1.807, 2.05) is 18.2 Å². The van der Waals surface area contributed by atoms with Crippen molar-refractivity contribution in [3.05, 3.63) is 36.0 Å². The van der Waals surface area contributed by atoms with Crippen LogP contribution >= 0.6 is 0 Å². The second-order valence-electron chi connectivity index (χ2n) is 4.16. The number of carbonyl (C=O) groups excluding carboxylic acids is 1. The third-order valence-electron chi connectivity index (χ3n) is 2.80. The van der Waals surface area contributed by atoms with Crippen molar-refractivity contribution >= 4 is 5.97 Å². The van der Waals surface area contributed by atoms with Crippen molar-refractivity contribution in [2.75, 3.05) is 13.7 Å². The summed E-state index contributed by atoms with van der Waals surface area (Å²) in [6.07, 6.45) is -0.520. The number of esters is 1. The fourth-order valence-electron chi connectivity index (χ4n) is 1.81. The number of hydrogen-bond donors (Lipinski definition) is 0. The van der Waals surface area contributed by atoms with Gasteiger partial charge in [0.15, 0.2) is 17.6 Å². The summed E-state index contributed by atoms with van der Waals surface area (Å²) in [6.45, 7) is 0.286. The Kier molecular flexibility index (Phi) is 3.24. The first-order valence-electron chi connectivity index (χ1n) is 6.04. The predicted molar refractivity (Wildman–Crippen MR) is 65.3 cm³/mol. The highest BCUT2D eigenvalue weighted by Gasteiger charge is 2.27. The number of nitrogens with zero attached hydrogens (tertiary/aromatic N) is 2. The van der Waals surface area contributed by atoms with Crippen molar-refractivity contribution in [3.63, 3.8) is 0 Å². The van der Waals surface area contributed by atoms with Crippen molar-refractivity contribution in [2.24, 2.45) is 0 Å². The highest BCUT2D eigenvalue weighted by molar-refractivity contribution is 5.71. The van der Waals surface area contributed by atoms with E-state index in [0.29, 0.717) is 17.3 Å². The van der Waals surface area contributed by atoms with Crippen LogP contribution < -0.4 is 9.47 Å². The maximum atomic E-state index is 11.1. The molecule has 20 heavy (non-hydrogen) atoms. The van der Waals surface area contributed by atoms with E-state index in [4.69, 9.17) is 14.0 Å². The molecule has 0 spiro atoms. The second-order valence-corrected chi connectivity index (χ2v) is 4.16. The number of benzene rings is 1. The summed E-state index contributed by atoms with van der Waals surface area (Å²) < 4.78 is 20.8. The number of fused-ring (bicyclic) bond motifs is 1. The van der Waals surface area contributed by atoms with Gasteiger partial charge in [0, 0.05) is 0 Å². The number of carbonyl (C=O) groups is 1. The van der Waals surface area contributed by atoms with Crippen molar-refractivity contribution in [2.45, 2.75) is 12.5 Å². The lowest BCUT2D eigenvalue weighted by atomic mass is 10.2. The zero-order valence-corrected chi connectivity index (χ0v) is 10.7. The number of rotatable bonds is 3. The highest BCUT2D eigenvalue weighted by atomic mass is 16.6. The van der Waals surface area contributed by atoms with Gasteiger partial charge in [0.05, 0.1) is 7.11 Å². The molecule has 0 radical (unpaired) electrons. The van der Waals surface area contributed by atoms with Gasteiger partial charge in [-0.3, -0.25) is 4.79 Å². The minimum absolute atomic E-state index is 0.0618. The Labute approximate surface area is 114 Å². The van der Waals surface area contributed by atoms with E-state index in [1.54, 1.807) is 6.07 Å². The Morgan fingerprint density at radius 1 is 1.40 bits per heavy atom. The summed E-state index contributed by atoms with van der Waals surface area (Å²) in [4.78, 5) is 15.2. The molecule has 1 unspecified atom stereocenters. The van der Waals surface area contributed by atoms with E-state index >= 15 is 0 Å². The molecule has 0 saturated carbocycles. The second kappa shape index (κ2) is 5.20. The lowest BCUT2D eigenvalue weighted by Gasteiger charge is -2.24. The molecule has 0 fully saturated rings. The van der Waals surface area contributed by atoms with Gasteiger partial charge in [-0.2, -0.15) is 4.98 Å². The summed E-state index contributed by atoms with van der Waals surface area (Å²) >= 11 is 0. The number of ether oxygens (including phenoxy) is 3. The summed E-state index contributed by atoms with van der Waals surface area (Å²) in [5.74, 6) is 1.41. The average Bonchev–Trinajstić information content (AvgIpc) is 2.95. The third-order valence-corrected chi connectivity index (χ3v) is 2.80. The van der Waals surface area contributed by atoms with Crippen LogP contribution in [0.2, 0.25) is 0 Å². The van der Waals surface area contributed by atoms with Crippen molar-refractivity contribution < 1.29 is 23.5 Å². The molecule has 1 aliphatic heterocycles. The first-order chi connectivity index (χ1) is 9.76. The summed E-state index contributed by atoms with van der Waals surface area (Å²) in [6, 6.07) is 7.34. The standard InChI is InChI=1S/C13H12N2O5/c1-17-12(16)6-11-14-13(15-20-11)10-7-18-8-4-2-3-5-9(8)19-10/h2-5,10H,6-7H2,1H3. The molecule has 7 nitrogen and oxygen atoms in total. The fraction of sp³-hybridized carbons (Fsp3) is 0.308. The molecule has 7 heteroatoms. The topological polar surface area (TPSA) is 83.7 Å². The van der Waals surface area contributed by atoms with Crippen LogP contribution in [-0.4, -0.2) is 29.8 Å². The molecule has 1 aromatic heterocycles. The largest absolute Gasteiger partial charge is 0.485 e. The molecule has 0 aliphatic carbocycles. The number of methoxy groups -OCH3 is 1. The Bertz CT molecular complexity index is 625. The smallest absolute Gasteiger partial charge is 0.315 e. The summed E-state index contributed by atoms with van der Waals surface area (Å²) in [7, 11) is 1.30. The maximum absolute atomic E-state index is 11.1. The molecular formula is C13H12N2O5. The van der Waals surface area contributed by atoms with Gasteiger partial charge in [-0.05, 0) is 12.1 Å². The quantitative estimate of drug-likeness (QED) is 0.781. The zero-order valence-electron chi connectivity index (χ0n) is 10.7. The van der Waals surface area contributed by atoms with Crippen LogP contribution in [0.4, 0.5) is 0 Å². The van der Waals surface area contributed by atoms with Crippen molar-refractivity contribution in [1.29, 1.82) is 0 Å². The molecule has 1 aromatic carbocycles. The molecule has 0 amide bonds. The Balaban J connectivity index is 1.73. The van der Waals surface area contributed by atoms with Gasteiger partial charge in [-0.15, -0.1) is 0 Å². The van der Waals surface area contributed by atoms with Crippen LogP contribution in [0.3, 0.4) is 0 Å².